The van der Waals surface area contributed by atoms with Crippen molar-refractivity contribution in [1.29, 1.82) is 0 Å². The van der Waals surface area contributed by atoms with Gasteiger partial charge < -0.3 is 4.98 Å². The second-order valence-electron chi connectivity index (χ2n) is 4.71. The van der Waals surface area contributed by atoms with Gasteiger partial charge in [-0.25, -0.2) is 4.98 Å². The summed E-state index contributed by atoms with van der Waals surface area (Å²) >= 11 is 6.97. The minimum Gasteiger partial charge on any atom is -0.348 e. The number of pyridine rings is 2. The first-order valence-corrected chi connectivity index (χ1v) is 8.04. The largest absolute Gasteiger partial charge is 0.348 e. The van der Waals surface area contributed by atoms with Gasteiger partial charge in [0.2, 0.25) is 0 Å². The molecule has 0 atom stereocenters. The van der Waals surface area contributed by atoms with Gasteiger partial charge in [-0.05, 0) is 74.5 Å². The van der Waals surface area contributed by atoms with Crippen molar-refractivity contribution in [3.63, 3.8) is 0 Å². The molecule has 19 heavy (non-hydrogen) atoms. The molecule has 0 unspecified atom stereocenters. The van der Waals surface area contributed by atoms with E-state index in [0.717, 1.165) is 26.8 Å². The van der Waals surface area contributed by atoms with Crippen molar-refractivity contribution in [2.45, 2.75) is 26.2 Å². The van der Waals surface area contributed by atoms with E-state index in [0.29, 0.717) is 0 Å². The van der Waals surface area contributed by atoms with Crippen LogP contribution in [0.5, 0.6) is 0 Å². The maximum atomic E-state index is 4.64. The van der Waals surface area contributed by atoms with Crippen LogP contribution < -0.4 is 0 Å². The fourth-order valence-corrected chi connectivity index (χ4v) is 3.18. The molecule has 1 aliphatic heterocycles. The van der Waals surface area contributed by atoms with E-state index in [1.165, 1.54) is 29.4 Å². The first-order chi connectivity index (χ1) is 9.20. The van der Waals surface area contributed by atoms with Gasteiger partial charge in [-0.3, -0.25) is 0 Å². The third-order valence-corrected chi connectivity index (χ3v) is 4.34. The van der Waals surface area contributed by atoms with Crippen LogP contribution >= 0.6 is 31.9 Å². The van der Waals surface area contributed by atoms with Crippen LogP contribution in [0.3, 0.4) is 0 Å². The van der Waals surface area contributed by atoms with Crippen LogP contribution in [0, 0.1) is 0 Å². The molecule has 98 valence electrons. The van der Waals surface area contributed by atoms with Gasteiger partial charge in [0.1, 0.15) is 4.60 Å². The average molecular weight is 382 g/mol. The Balaban J connectivity index is 2.32. The van der Waals surface area contributed by atoms with E-state index < -0.39 is 0 Å². The third kappa shape index (κ3) is 2.32. The van der Waals surface area contributed by atoms with Crippen LogP contribution in [-0.2, 0) is 6.42 Å². The van der Waals surface area contributed by atoms with Crippen LogP contribution in [0.1, 0.15) is 25.3 Å². The molecule has 0 saturated heterocycles. The van der Waals surface area contributed by atoms with Gasteiger partial charge in [-0.1, -0.05) is 13.3 Å². The maximum absolute atomic E-state index is 4.64. The molecule has 0 spiro atoms. The Labute approximate surface area is 129 Å². The molecule has 4 heteroatoms. The minimum absolute atomic E-state index is 0.877. The van der Waals surface area contributed by atoms with E-state index in [9.17, 15) is 0 Å². The third-order valence-electron chi connectivity index (χ3n) is 3.44. The van der Waals surface area contributed by atoms with Gasteiger partial charge in [0.15, 0.2) is 0 Å². The van der Waals surface area contributed by atoms with Crippen molar-refractivity contribution in [2.24, 2.45) is 0 Å². The molecule has 3 rings (SSSR count). The van der Waals surface area contributed by atoms with E-state index in [-0.39, 0.29) is 0 Å². The second-order valence-corrected chi connectivity index (χ2v) is 6.37. The lowest BCUT2D eigenvalue weighted by atomic mass is 10.0. The number of aromatic nitrogens is 2. The Kier molecular flexibility index (Phi) is 3.63. The molecule has 0 bridgehead atoms. The summed E-state index contributed by atoms with van der Waals surface area (Å²) in [6.45, 7) is 2.23. The number of aryl methyl sites for hydroxylation is 1. The number of rotatable bonds is 3. The number of H-pyrrole nitrogens is 1. The van der Waals surface area contributed by atoms with Gasteiger partial charge in [-0.15, -0.1) is 0 Å². The lowest BCUT2D eigenvalue weighted by Crippen LogP contribution is -1.87. The number of unbranched alkanes of at least 4 members (excludes halogenated alkanes) is 1. The predicted molar refractivity (Wildman–Crippen MR) is 86.7 cm³/mol. The van der Waals surface area contributed by atoms with E-state index >= 15 is 0 Å². The SMILES string of the molecule is CCCCc1c2ccc(Br)[nH]c-2c2nc(Br)ccc12. The molecule has 0 radical (unpaired) electrons. The van der Waals surface area contributed by atoms with E-state index in [2.05, 4.69) is 67.0 Å². The summed E-state index contributed by atoms with van der Waals surface area (Å²) in [6, 6.07) is 8.42. The summed E-state index contributed by atoms with van der Waals surface area (Å²) in [7, 11) is 0. The van der Waals surface area contributed by atoms with Crippen molar-refractivity contribution < 1.29 is 0 Å². The summed E-state index contributed by atoms with van der Waals surface area (Å²) in [6.07, 6.45) is 3.52. The quantitative estimate of drug-likeness (QED) is 0.593. The summed E-state index contributed by atoms with van der Waals surface area (Å²) in [5, 5.41) is 1.26. The van der Waals surface area contributed by atoms with Crippen LogP contribution in [0.15, 0.2) is 33.5 Å². The number of hydrogen-bond donors (Lipinski definition) is 1. The lowest BCUT2D eigenvalue weighted by molar-refractivity contribution is 0.800. The van der Waals surface area contributed by atoms with Gasteiger partial charge >= 0.3 is 0 Å². The van der Waals surface area contributed by atoms with Crippen LogP contribution in [-0.4, -0.2) is 9.97 Å². The number of halogens is 2. The van der Waals surface area contributed by atoms with Gasteiger partial charge in [-0.2, -0.15) is 0 Å². The Morgan fingerprint density at radius 3 is 2.79 bits per heavy atom. The Morgan fingerprint density at radius 2 is 2.00 bits per heavy atom. The standard InChI is InChI=1S/C15H14Br2N2/c1-2-3-4-9-10-5-7-12(16)18-14(10)15-11(9)6-8-13(17)19-15/h5-8,18H,2-4H2,1H3. The zero-order valence-electron chi connectivity index (χ0n) is 10.6. The Bertz CT molecular complexity index is 703. The van der Waals surface area contributed by atoms with Crippen molar-refractivity contribution >= 4 is 42.8 Å². The first-order valence-electron chi connectivity index (χ1n) is 6.46. The molecule has 0 aromatic carbocycles. The zero-order valence-corrected chi connectivity index (χ0v) is 13.8. The van der Waals surface area contributed by atoms with Gasteiger partial charge in [0, 0.05) is 10.9 Å². The first kappa shape index (κ1) is 13.1. The number of aromatic amines is 1. The predicted octanol–water partition coefficient (Wildman–Crippen LogP) is 5.54. The van der Waals surface area contributed by atoms with E-state index in [4.69, 9.17) is 0 Å². The fourth-order valence-electron chi connectivity index (χ4n) is 2.54. The molecule has 2 aliphatic rings. The van der Waals surface area contributed by atoms with Gasteiger partial charge in [0.05, 0.1) is 15.8 Å². The van der Waals surface area contributed by atoms with Gasteiger partial charge in [0.25, 0.3) is 0 Å². The van der Waals surface area contributed by atoms with Crippen LogP contribution in [0.25, 0.3) is 22.2 Å². The normalized spacial score (nSPS) is 11.5. The van der Waals surface area contributed by atoms with Crippen molar-refractivity contribution in [2.75, 3.05) is 0 Å². The van der Waals surface area contributed by atoms with E-state index in [1.807, 2.05) is 6.07 Å². The average Bonchev–Trinajstić information content (AvgIpc) is 2.69. The summed E-state index contributed by atoms with van der Waals surface area (Å²) in [5.74, 6) is 0. The molecule has 0 amide bonds. The zero-order chi connectivity index (χ0) is 13.4. The number of nitrogens with one attached hydrogen (secondary N) is 1. The highest BCUT2D eigenvalue weighted by Crippen LogP contribution is 2.38. The molecule has 2 nitrogen and oxygen atoms in total. The Morgan fingerprint density at radius 1 is 1.16 bits per heavy atom. The monoisotopic (exact) mass is 380 g/mol. The number of nitrogens with zero attached hydrogens (tertiary/aromatic N) is 1. The fraction of sp³-hybridized carbons (Fsp3) is 0.267. The van der Waals surface area contributed by atoms with Crippen molar-refractivity contribution in [3.8, 4) is 11.3 Å². The molecular formula is C15H14Br2N2. The molecule has 1 aromatic rings. The van der Waals surface area contributed by atoms with E-state index in [1.54, 1.807) is 0 Å². The molecule has 1 aliphatic carbocycles. The van der Waals surface area contributed by atoms with Crippen LogP contribution in [0.4, 0.5) is 0 Å². The molecular weight excluding hydrogens is 368 g/mol. The number of hydrogen-bond acceptors (Lipinski definition) is 1. The topological polar surface area (TPSA) is 28.7 Å². The summed E-state index contributed by atoms with van der Waals surface area (Å²) < 4.78 is 1.86. The summed E-state index contributed by atoms with van der Waals surface area (Å²) in [5.41, 5.74) is 4.88. The van der Waals surface area contributed by atoms with Crippen molar-refractivity contribution in [1.82, 2.24) is 9.97 Å². The van der Waals surface area contributed by atoms with Crippen molar-refractivity contribution in [3.05, 3.63) is 39.0 Å². The smallest absolute Gasteiger partial charge is 0.106 e. The Hall–Kier alpha value is -0.870. The highest BCUT2D eigenvalue weighted by atomic mass is 79.9. The van der Waals surface area contributed by atoms with Crippen LogP contribution in [0.2, 0.25) is 0 Å². The number of fused-ring (bicyclic) bond motifs is 3. The summed E-state index contributed by atoms with van der Waals surface area (Å²) in [4.78, 5) is 8.03. The molecule has 0 saturated carbocycles. The molecule has 0 fully saturated rings. The second kappa shape index (κ2) is 5.25. The maximum Gasteiger partial charge on any atom is 0.106 e. The molecule has 2 heterocycles. The highest BCUT2D eigenvalue weighted by molar-refractivity contribution is 9.10. The molecule has 1 N–H and O–H groups in total. The molecule has 1 aromatic heterocycles. The minimum atomic E-state index is 0.877. The lowest BCUT2D eigenvalue weighted by Gasteiger charge is -2.04. The highest BCUT2D eigenvalue weighted by Gasteiger charge is 2.19.